The third-order valence-electron chi connectivity index (χ3n) is 3.35. The summed E-state index contributed by atoms with van der Waals surface area (Å²) < 4.78 is 10.8. The van der Waals surface area contributed by atoms with Crippen molar-refractivity contribution in [1.82, 2.24) is 5.43 Å². The predicted molar refractivity (Wildman–Crippen MR) is 107 cm³/mol. The number of halogens is 1. The molecule has 0 saturated carbocycles. The van der Waals surface area contributed by atoms with Gasteiger partial charge < -0.3 is 14.5 Å². The highest BCUT2D eigenvalue weighted by Gasteiger charge is 2.06. The van der Waals surface area contributed by atoms with Crippen LogP contribution in [0.2, 0.25) is 5.02 Å². The number of hydrazone groups is 1. The molecule has 8 heteroatoms. The fraction of sp³-hybridized carbons (Fsp3) is 0.0526. The van der Waals surface area contributed by atoms with Gasteiger partial charge in [-0.2, -0.15) is 5.10 Å². The third kappa shape index (κ3) is 5.54. The number of nitrogens with one attached hydrogen (secondary N) is 2. The molecule has 3 rings (SSSR count). The molecule has 0 aliphatic carbocycles. The van der Waals surface area contributed by atoms with Crippen molar-refractivity contribution < 1.29 is 13.9 Å². The molecule has 0 aliphatic heterocycles. The Hall–Kier alpha value is -2.90. The third-order valence-corrected chi connectivity index (χ3v) is 4.53. The number of furan rings is 1. The van der Waals surface area contributed by atoms with Crippen LogP contribution < -0.4 is 15.5 Å². The molecule has 0 bridgehead atoms. The molecule has 0 atom stereocenters. The average molecular weight is 402 g/mol. The second-order valence-corrected chi connectivity index (χ2v) is 6.75. The first-order chi connectivity index (χ1) is 13.1. The molecule has 138 valence electrons. The summed E-state index contributed by atoms with van der Waals surface area (Å²) in [6, 6.07) is 17.7. The predicted octanol–water partition coefficient (Wildman–Crippen LogP) is 5.25. The zero-order valence-corrected chi connectivity index (χ0v) is 15.9. The highest BCUT2D eigenvalue weighted by Crippen LogP contribution is 2.29. The van der Waals surface area contributed by atoms with Crippen LogP contribution in [0.5, 0.6) is 5.75 Å². The Labute approximate surface area is 165 Å². The van der Waals surface area contributed by atoms with Crippen LogP contribution in [-0.2, 0) is 0 Å². The highest BCUT2D eigenvalue weighted by molar-refractivity contribution is 7.99. The minimum Gasteiger partial charge on any atom is -0.495 e. The van der Waals surface area contributed by atoms with Gasteiger partial charge in [-0.1, -0.05) is 35.5 Å². The van der Waals surface area contributed by atoms with Gasteiger partial charge in [0.15, 0.2) is 5.09 Å². The van der Waals surface area contributed by atoms with E-state index in [0.717, 1.165) is 4.90 Å². The van der Waals surface area contributed by atoms with Gasteiger partial charge in [0.25, 0.3) is 0 Å². The van der Waals surface area contributed by atoms with E-state index >= 15 is 0 Å². The minimum atomic E-state index is -0.488. The van der Waals surface area contributed by atoms with Crippen molar-refractivity contribution in [3.8, 4) is 5.75 Å². The van der Waals surface area contributed by atoms with Gasteiger partial charge in [0.2, 0.25) is 0 Å². The van der Waals surface area contributed by atoms with E-state index in [1.54, 1.807) is 24.3 Å². The molecule has 1 heterocycles. The zero-order chi connectivity index (χ0) is 19.1. The van der Waals surface area contributed by atoms with Crippen LogP contribution >= 0.6 is 23.4 Å². The van der Waals surface area contributed by atoms with E-state index < -0.39 is 6.03 Å². The molecular formula is C19H16ClN3O3S. The molecule has 27 heavy (non-hydrogen) atoms. The number of carbonyl (C=O) groups is 1. The van der Waals surface area contributed by atoms with Crippen LogP contribution in [-0.4, -0.2) is 19.4 Å². The summed E-state index contributed by atoms with van der Waals surface area (Å²) in [6.07, 6.45) is 1.42. The second kappa shape index (κ2) is 9.16. The standard InChI is InChI=1S/C19H16ClN3O3S/c1-25-17-5-3-2-4-16(17)22-19(24)23-21-12-14-8-11-18(26-14)27-15-9-6-13(20)7-10-15/h2-12H,1H3,(H2,22,23,24)/b21-12+. The number of rotatable bonds is 6. The molecule has 6 nitrogen and oxygen atoms in total. The Morgan fingerprint density at radius 3 is 2.70 bits per heavy atom. The lowest BCUT2D eigenvalue weighted by atomic mass is 10.3. The first-order valence-corrected chi connectivity index (χ1v) is 9.10. The second-order valence-electron chi connectivity index (χ2n) is 5.24. The van der Waals surface area contributed by atoms with Crippen molar-refractivity contribution in [2.45, 2.75) is 9.99 Å². The summed E-state index contributed by atoms with van der Waals surface area (Å²) in [5, 5.41) is 7.92. The SMILES string of the molecule is COc1ccccc1NC(=O)N/N=C/c1ccc(Sc2ccc(Cl)cc2)o1. The fourth-order valence-corrected chi connectivity index (χ4v) is 3.03. The molecule has 0 aliphatic rings. The topological polar surface area (TPSA) is 75.9 Å². The van der Waals surface area contributed by atoms with E-state index in [-0.39, 0.29) is 0 Å². The lowest BCUT2D eigenvalue weighted by molar-refractivity contribution is 0.252. The summed E-state index contributed by atoms with van der Waals surface area (Å²) in [4.78, 5) is 12.9. The molecule has 1 aromatic heterocycles. The summed E-state index contributed by atoms with van der Waals surface area (Å²) in [5.74, 6) is 1.08. The van der Waals surface area contributed by atoms with Crippen LogP contribution in [0.1, 0.15) is 5.76 Å². The van der Waals surface area contributed by atoms with Gasteiger partial charge >= 0.3 is 6.03 Å². The Kier molecular flexibility index (Phi) is 6.40. The maximum absolute atomic E-state index is 11.9. The summed E-state index contributed by atoms with van der Waals surface area (Å²) >= 11 is 7.34. The Morgan fingerprint density at radius 2 is 1.93 bits per heavy atom. The van der Waals surface area contributed by atoms with Crippen molar-refractivity contribution in [2.24, 2.45) is 5.10 Å². The highest BCUT2D eigenvalue weighted by atomic mass is 35.5. The van der Waals surface area contributed by atoms with Crippen molar-refractivity contribution in [1.29, 1.82) is 0 Å². The van der Waals surface area contributed by atoms with Crippen LogP contribution in [0.15, 0.2) is 80.2 Å². The Balaban J connectivity index is 1.53. The number of benzene rings is 2. The number of nitrogens with zero attached hydrogens (tertiary/aromatic N) is 1. The van der Waals surface area contributed by atoms with Gasteiger partial charge in [0.05, 0.1) is 19.0 Å². The van der Waals surface area contributed by atoms with E-state index in [4.69, 9.17) is 20.8 Å². The van der Waals surface area contributed by atoms with E-state index in [1.807, 2.05) is 36.4 Å². The molecule has 2 aromatic carbocycles. The van der Waals surface area contributed by atoms with Gasteiger partial charge in [-0.15, -0.1) is 0 Å². The normalized spacial score (nSPS) is 10.7. The number of urea groups is 1. The van der Waals surface area contributed by atoms with Crippen LogP contribution in [0.4, 0.5) is 10.5 Å². The molecule has 0 unspecified atom stereocenters. The fourth-order valence-electron chi connectivity index (χ4n) is 2.13. The monoisotopic (exact) mass is 401 g/mol. The molecule has 2 amide bonds. The van der Waals surface area contributed by atoms with Crippen LogP contribution in [0.3, 0.4) is 0 Å². The number of hydrogen-bond acceptors (Lipinski definition) is 5. The van der Waals surface area contributed by atoms with Gasteiger partial charge in [-0.3, -0.25) is 0 Å². The molecule has 0 spiro atoms. The molecular weight excluding hydrogens is 386 g/mol. The Morgan fingerprint density at radius 1 is 1.15 bits per heavy atom. The van der Waals surface area contributed by atoms with Crippen molar-refractivity contribution in [3.05, 3.63) is 71.4 Å². The quantitative estimate of drug-likeness (QED) is 0.437. The lowest BCUT2D eigenvalue weighted by Gasteiger charge is -2.08. The zero-order valence-electron chi connectivity index (χ0n) is 14.3. The number of methoxy groups -OCH3 is 1. The van der Waals surface area contributed by atoms with E-state index in [9.17, 15) is 4.79 Å². The molecule has 0 radical (unpaired) electrons. The maximum Gasteiger partial charge on any atom is 0.339 e. The summed E-state index contributed by atoms with van der Waals surface area (Å²) in [7, 11) is 1.53. The van der Waals surface area contributed by atoms with Crippen LogP contribution in [0.25, 0.3) is 0 Å². The first-order valence-electron chi connectivity index (χ1n) is 7.90. The number of anilines is 1. The first kappa shape index (κ1) is 18.9. The largest absolute Gasteiger partial charge is 0.495 e. The van der Waals surface area contributed by atoms with E-state index in [1.165, 1.54) is 25.1 Å². The molecule has 3 aromatic rings. The van der Waals surface area contributed by atoms with Gasteiger partial charge in [-0.25, -0.2) is 10.2 Å². The number of ether oxygens (including phenoxy) is 1. The molecule has 0 fully saturated rings. The lowest BCUT2D eigenvalue weighted by Crippen LogP contribution is -2.24. The molecule has 0 saturated heterocycles. The number of hydrogen-bond donors (Lipinski definition) is 2. The number of para-hydroxylation sites is 2. The number of carbonyl (C=O) groups excluding carboxylic acids is 1. The van der Waals surface area contributed by atoms with Crippen molar-refractivity contribution in [2.75, 3.05) is 12.4 Å². The average Bonchev–Trinajstić information content (AvgIpc) is 3.11. The minimum absolute atomic E-state index is 0.488. The molecule has 2 N–H and O–H groups in total. The van der Waals surface area contributed by atoms with Crippen molar-refractivity contribution in [3.63, 3.8) is 0 Å². The van der Waals surface area contributed by atoms with Crippen molar-refractivity contribution >= 4 is 41.3 Å². The smallest absolute Gasteiger partial charge is 0.339 e. The Bertz CT molecular complexity index is 941. The summed E-state index contributed by atoms with van der Waals surface area (Å²) in [5.41, 5.74) is 2.93. The summed E-state index contributed by atoms with van der Waals surface area (Å²) in [6.45, 7) is 0. The number of amides is 2. The van der Waals surface area contributed by atoms with E-state index in [0.29, 0.717) is 27.3 Å². The van der Waals surface area contributed by atoms with E-state index in [2.05, 4.69) is 15.8 Å². The van der Waals surface area contributed by atoms with Gasteiger partial charge in [-0.05, 0) is 48.5 Å². The van der Waals surface area contributed by atoms with Gasteiger partial charge in [0.1, 0.15) is 11.5 Å². The maximum atomic E-state index is 11.9. The van der Waals surface area contributed by atoms with Gasteiger partial charge in [0, 0.05) is 9.92 Å². The van der Waals surface area contributed by atoms with Crippen LogP contribution in [0, 0.1) is 0 Å².